The Labute approximate surface area is 141 Å². The molecule has 0 radical (unpaired) electrons. The van der Waals surface area contributed by atoms with Gasteiger partial charge in [0.2, 0.25) is 0 Å². The predicted molar refractivity (Wildman–Crippen MR) is 81.3 cm³/mol. The molecule has 10 heteroatoms. The van der Waals surface area contributed by atoms with Crippen molar-refractivity contribution in [2.45, 2.75) is 31.0 Å². The molecule has 0 aromatic heterocycles. The highest BCUT2D eigenvalue weighted by atomic mass is 16.7. The number of amides is 1. The van der Waals surface area contributed by atoms with Crippen LogP contribution in [0.3, 0.4) is 0 Å². The maximum atomic E-state index is 12.3. The van der Waals surface area contributed by atoms with E-state index in [1.54, 1.807) is 0 Å². The second-order valence-electron chi connectivity index (χ2n) is 5.42. The lowest BCUT2D eigenvalue weighted by Gasteiger charge is -2.35. The van der Waals surface area contributed by atoms with Crippen molar-refractivity contribution in [3.63, 3.8) is 0 Å². The molecule has 0 unspecified atom stereocenters. The van der Waals surface area contributed by atoms with Crippen molar-refractivity contribution < 1.29 is 44.3 Å². The molecule has 1 amide bonds. The Balaban J connectivity index is 2.19. The maximum absolute atomic E-state index is 12.3. The first kappa shape index (κ1) is 18.8. The monoisotopic (exact) mass is 355 g/mol. The van der Waals surface area contributed by atoms with Gasteiger partial charge in [-0.3, -0.25) is 4.79 Å². The summed E-state index contributed by atoms with van der Waals surface area (Å²) in [5.74, 6) is -3.46. The van der Waals surface area contributed by atoms with Crippen molar-refractivity contribution in [2.24, 2.45) is 0 Å². The highest BCUT2D eigenvalue weighted by Gasteiger charge is 2.40. The first-order valence-corrected chi connectivity index (χ1v) is 7.20. The van der Waals surface area contributed by atoms with Gasteiger partial charge in [-0.15, -0.1) is 0 Å². The van der Waals surface area contributed by atoms with Crippen LogP contribution in [0.4, 0.5) is 5.69 Å². The fourth-order valence-corrected chi connectivity index (χ4v) is 2.37. The Bertz CT molecular complexity index is 657. The minimum atomic E-state index is -1.36. The van der Waals surface area contributed by atoms with Crippen LogP contribution in [0.15, 0.2) is 18.2 Å². The molecule has 1 heterocycles. The molecule has 0 aliphatic carbocycles. The highest BCUT2D eigenvalue weighted by molar-refractivity contribution is 5.99. The summed E-state index contributed by atoms with van der Waals surface area (Å²) in [5.41, 5.74) is -0.685. The third-order valence-electron chi connectivity index (χ3n) is 3.65. The molecule has 1 aliphatic heterocycles. The molecule has 5 N–H and O–H groups in total. The summed E-state index contributed by atoms with van der Waals surface area (Å²) >= 11 is 0. The van der Waals surface area contributed by atoms with Crippen LogP contribution in [0.1, 0.15) is 27.1 Å². The molecule has 1 fully saturated rings. The number of methoxy groups -OCH3 is 1. The summed E-state index contributed by atoms with van der Waals surface area (Å²) in [4.78, 5) is 34.4. The highest BCUT2D eigenvalue weighted by Crippen LogP contribution is 2.23. The van der Waals surface area contributed by atoms with Crippen LogP contribution < -0.4 is 5.32 Å². The second-order valence-corrected chi connectivity index (χ2v) is 5.42. The van der Waals surface area contributed by atoms with Crippen LogP contribution in [-0.2, 0) is 14.3 Å². The smallest absolute Gasteiger partial charge is 0.335 e. The minimum Gasteiger partial charge on any atom is -0.478 e. The number of carbonyl (C=O) groups excluding carboxylic acids is 1. The lowest BCUT2D eigenvalue weighted by atomic mass is 10.0. The number of aliphatic hydroxyl groups excluding tert-OH is 2. The molecule has 1 aliphatic rings. The van der Waals surface area contributed by atoms with Gasteiger partial charge in [0.1, 0.15) is 12.2 Å². The van der Waals surface area contributed by atoms with E-state index in [1.807, 2.05) is 0 Å². The van der Waals surface area contributed by atoms with Gasteiger partial charge in [0.25, 0.3) is 5.91 Å². The molecule has 0 spiro atoms. The number of rotatable bonds is 5. The molecule has 1 aromatic rings. The molecule has 25 heavy (non-hydrogen) atoms. The van der Waals surface area contributed by atoms with E-state index in [9.17, 15) is 24.6 Å². The first-order valence-electron chi connectivity index (χ1n) is 7.20. The molecular weight excluding hydrogens is 338 g/mol. The third kappa shape index (κ3) is 4.31. The average Bonchev–Trinajstić information content (AvgIpc) is 2.56. The zero-order valence-corrected chi connectivity index (χ0v) is 13.1. The van der Waals surface area contributed by atoms with E-state index in [2.05, 4.69) is 5.32 Å². The van der Waals surface area contributed by atoms with E-state index in [0.29, 0.717) is 0 Å². The molecule has 4 atom stereocenters. The van der Waals surface area contributed by atoms with Crippen molar-refractivity contribution >= 4 is 23.5 Å². The van der Waals surface area contributed by atoms with E-state index < -0.39 is 42.4 Å². The molecule has 1 saturated heterocycles. The van der Waals surface area contributed by atoms with Gasteiger partial charge in [-0.05, 0) is 18.2 Å². The number of hydrogen-bond acceptors (Lipinski definition) is 7. The lowest BCUT2D eigenvalue weighted by molar-refractivity contribution is -0.252. The second kappa shape index (κ2) is 7.57. The Hall–Kier alpha value is -2.53. The molecule has 0 bridgehead atoms. The van der Waals surface area contributed by atoms with Crippen LogP contribution in [0.2, 0.25) is 0 Å². The lowest BCUT2D eigenvalue weighted by Crippen LogP contribution is -2.52. The SMILES string of the molecule is CO[C@H]1O[C@H](C(=O)Nc2cc(C(=O)O)cc(C(=O)O)c2)C[C@H](O)[C@@H]1O. The molecule has 0 saturated carbocycles. The van der Waals surface area contributed by atoms with Gasteiger partial charge in [0.15, 0.2) is 6.29 Å². The first-order chi connectivity index (χ1) is 11.7. The summed E-state index contributed by atoms with van der Waals surface area (Å²) < 4.78 is 10.1. The largest absolute Gasteiger partial charge is 0.478 e. The maximum Gasteiger partial charge on any atom is 0.335 e. The van der Waals surface area contributed by atoms with Crippen molar-refractivity contribution in [1.82, 2.24) is 0 Å². The van der Waals surface area contributed by atoms with Crippen molar-refractivity contribution in [1.29, 1.82) is 0 Å². The number of ether oxygens (including phenoxy) is 2. The molecule has 1 aromatic carbocycles. The Kier molecular flexibility index (Phi) is 5.69. The fourth-order valence-electron chi connectivity index (χ4n) is 2.37. The van der Waals surface area contributed by atoms with Crippen molar-refractivity contribution in [2.75, 3.05) is 12.4 Å². The Morgan fingerprint density at radius 2 is 1.68 bits per heavy atom. The van der Waals surface area contributed by atoms with Gasteiger partial charge in [0, 0.05) is 19.2 Å². The summed E-state index contributed by atoms with van der Waals surface area (Å²) in [6, 6.07) is 3.14. The molecular formula is C15H17NO9. The van der Waals surface area contributed by atoms with E-state index in [4.69, 9.17) is 19.7 Å². The van der Waals surface area contributed by atoms with Crippen molar-refractivity contribution in [3.8, 4) is 0 Å². The van der Waals surface area contributed by atoms with Crippen LogP contribution in [0.5, 0.6) is 0 Å². The zero-order valence-electron chi connectivity index (χ0n) is 13.1. The van der Waals surface area contributed by atoms with Gasteiger partial charge in [-0.2, -0.15) is 0 Å². The summed E-state index contributed by atoms with van der Waals surface area (Å²) in [6.45, 7) is 0. The predicted octanol–water partition coefficient (Wildman–Crippen LogP) is -0.495. The topological polar surface area (TPSA) is 163 Å². The van der Waals surface area contributed by atoms with Gasteiger partial charge < -0.3 is 35.2 Å². The van der Waals surface area contributed by atoms with Crippen molar-refractivity contribution in [3.05, 3.63) is 29.3 Å². The number of carboxylic acid groups (broad SMARTS) is 2. The Morgan fingerprint density at radius 1 is 1.12 bits per heavy atom. The quantitative estimate of drug-likeness (QED) is 0.469. The molecule has 2 rings (SSSR count). The van der Waals surface area contributed by atoms with Crippen LogP contribution in [0.25, 0.3) is 0 Å². The van der Waals surface area contributed by atoms with E-state index in [0.717, 1.165) is 18.2 Å². The average molecular weight is 355 g/mol. The van der Waals surface area contributed by atoms with Gasteiger partial charge in [-0.1, -0.05) is 0 Å². The van der Waals surface area contributed by atoms with Gasteiger partial charge >= 0.3 is 11.9 Å². The van der Waals surface area contributed by atoms with Crippen LogP contribution in [-0.4, -0.2) is 70.0 Å². The number of carbonyl (C=O) groups is 3. The fraction of sp³-hybridized carbons (Fsp3) is 0.400. The number of benzene rings is 1. The summed E-state index contributed by atoms with van der Waals surface area (Å²) in [7, 11) is 1.23. The number of aromatic carboxylic acids is 2. The van der Waals surface area contributed by atoms with E-state index >= 15 is 0 Å². The number of hydrogen-bond donors (Lipinski definition) is 5. The van der Waals surface area contributed by atoms with Crippen LogP contribution in [0, 0.1) is 0 Å². The van der Waals surface area contributed by atoms with Crippen LogP contribution >= 0.6 is 0 Å². The minimum absolute atomic E-state index is 0.0551. The molecule has 136 valence electrons. The third-order valence-corrected chi connectivity index (χ3v) is 3.65. The number of anilines is 1. The van der Waals surface area contributed by atoms with Gasteiger partial charge in [-0.25, -0.2) is 9.59 Å². The summed E-state index contributed by atoms with van der Waals surface area (Å²) in [6.07, 6.45) is -5.17. The molecule has 10 nitrogen and oxygen atoms in total. The number of carboxylic acids is 2. The normalized spacial score (nSPS) is 26.0. The van der Waals surface area contributed by atoms with E-state index in [1.165, 1.54) is 7.11 Å². The van der Waals surface area contributed by atoms with Gasteiger partial charge in [0.05, 0.1) is 17.2 Å². The number of nitrogens with one attached hydrogen (secondary N) is 1. The number of aliphatic hydroxyl groups is 2. The standard InChI is InChI=1S/C15H17NO9/c1-24-15-11(18)9(17)5-10(25-15)12(19)16-8-3-6(13(20)21)2-7(4-8)14(22)23/h2-4,9-11,15,17-18H,5H2,1H3,(H,16,19)(H,20,21)(H,22,23)/t9-,10-,11-,15-/m0/s1. The Morgan fingerprint density at radius 3 is 2.16 bits per heavy atom. The van der Waals surface area contributed by atoms with E-state index in [-0.39, 0.29) is 23.2 Å². The summed E-state index contributed by atoms with van der Waals surface area (Å²) in [5, 5.41) is 39.8. The zero-order chi connectivity index (χ0) is 18.7.